The molecule has 0 saturated carbocycles. The molecule has 1 atom stereocenters. The summed E-state index contributed by atoms with van der Waals surface area (Å²) in [6.45, 7) is 6.16. The van der Waals surface area contributed by atoms with Gasteiger partial charge in [0.25, 0.3) is 0 Å². The largest absolute Gasteiger partial charge is 0.488 e. The maximum absolute atomic E-state index is 12.8. The third kappa shape index (κ3) is 5.13. The van der Waals surface area contributed by atoms with Crippen LogP contribution in [0.15, 0.2) is 59.8 Å². The lowest BCUT2D eigenvalue weighted by atomic mass is 9.95. The quantitative estimate of drug-likeness (QED) is 0.624. The minimum Gasteiger partial charge on any atom is -0.488 e. The molecule has 0 aliphatic carbocycles. The van der Waals surface area contributed by atoms with Crippen LogP contribution < -0.4 is 15.4 Å². The predicted molar refractivity (Wildman–Crippen MR) is 115 cm³/mol. The molecule has 3 rings (SSSR count). The summed E-state index contributed by atoms with van der Waals surface area (Å²) in [4.78, 5) is 25.0. The summed E-state index contributed by atoms with van der Waals surface area (Å²) in [5.74, 6) is 0.275. The highest BCUT2D eigenvalue weighted by atomic mass is 35.5. The number of esters is 1. The molecule has 1 aliphatic rings. The van der Waals surface area contributed by atoms with Crippen LogP contribution in [0.25, 0.3) is 0 Å². The fourth-order valence-corrected chi connectivity index (χ4v) is 3.33. The Kier molecular flexibility index (Phi) is 7.00. The van der Waals surface area contributed by atoms with Crippen molar-refractivity contribution in [1.82, 2.24) is 10.6 Å². The number of ether oxygens (including phenoxy) is 2. The molecule has 1 unspecified atom stereocenters. The number of amides is 2. The van der Waals surface area contributed by atoms with E-state index in [2.05, 4.69) is 10.6 Å². The Hall–Kier alpha value is -2.99. The number of para-hydroxylation sites is 1. The number of carbonyl (C=O) groups is 2. The van der Waals surface area contributed by atoms with Crippen molar-refractivity contribution >= 4 is 23.6 Å². The SMILES string of the molecule is CC1=C(C(=O)OCC(C)C)C(c2ccccc2OCc2ccccc2Cl)NC(=O)N1. The van der Waals surface area contributed by atoms with Crippen molar-refractivity contribution in [3.8, 4) is 5.75 Å². The van der Waals surface area contributed by atoms with E-state index in [0.29, 0.717) is 34.2 Å². The van der Waals surface area contributed by atoms with Crippen LogP contribution in [0.1, 0.15) is 37.9 Å². The zero-order chi connectivity index (χ0) is 21.7. The average molecular weight is 429 g/mol. The van der Waals surface area contributed by atoms with E-state index < -0.39 is 12.0 Å². The van der Waals surface area contributed by atoms with Crippen LogP contribution in [-0.4, -0.2) is 18.6 Å². The highest BCUT2D eigenvalue weighted by Gasteiger charge is 2.34. The third-order valence-electron chi connectivity index (χ3n) is 4.61. The van der Waals surface area contributed by atoms with Crippen LogP contribution in [0.5, 0.6) is 5.75 Å². The maximum Gasteiger partial charge on any atom is 0.338 e. The first-order chi connectivity index (χ1) is 14.4. The number of allylic oxidation sites excluding steroid dienone is 1. The minimum absolute atomic E-state index is 0.200. The number of benzene rings is 2. The molecule has 30 heavy (non-hydrogen) atoms. The molecule has 7 heteroatoms. The summed E-state index contributed by atoms with van der Waals surface area (Å²) in [7, 11) is 0. The molecule has 2 N–H and O–H groups in total. The van der Waals surface area contributed by atoms with Gasteiger partial charge in [-0.3, -0.25) is 0 Å². The molecular weight excluding hydrogens is 404 g/mol. The summed E-state index contributed by atoms with van der Waals surface area (Å²) < 4.78 is 11.5. The van der Waals surface area contributed by atoms with Crippen molar-refractivity contribution in [2.24, 2.45) is 5.92 Å². The Labute approximate surface area is 181 Å². The summed E-state index contributed by atoms with van der Waals surface area (Å²) in [5, 5.41) is 6.08. The molecule has 6 nitrogen and oxygen atoms in total. The van der Waals surface area contributed by atoms with Crippen molar-refractivity contribution < 1.29 is 19.1 Å². The Morgan fingerprint density at radius 1 is 1.13 bits per heavy atom. The molecule has 0 saturated heterocycles. The molecule has 1 heterocycles. The Bertz CT molecular complexity index is 971. The number of rotatable bonds is 7. The van der Waals surface area contributed by atoms with Gasteiger partial charge in [0.15, 0.2) is 0 Å². The van der Waals surface area contributed by atoms with E-state index in [1.807, 2.05) is 50.2 Å². The van der Waals surface area contributed by atoms with E-state index in [1.54, 1.807) is 19.1 Å². The van der Waals surface area contributed by atoms with E-state index in [1.165, 1.54) is 0 Å². The van der Waals surface area contributed by atoms with Gasteiger partial charge in [-0.1, -0.05) is 61.8 Å². The van der Waals surface area contributed by atoms with Crippen molar-refractivity contribution in [3.05, 3.63) is 76.0 Å². The van der Waals surface area contributed by atoms with Gasteiger partial charge in [-0.05, 0) is 25.0 Å². The minimum atomic E-state index is -0.694. The van der Waals surface area contributed by atoms with Crippen LogP contribution in [0, 0.1) is 5.92 Å². The van der Waals surface area contributed by atoms with Crippen LogP contribution >= 0.6 is 11.6 Å². The van der Waals surface area contributed by atoms with Gasteiger partial charge in [0.2, 0.25) is 0 Å². The lowest BCUT2D eigenvalue weighted by Gasteiger charge is -2.29. The first-order valence-corrected chi connectivity index (χ1v) is 10.1. The van der Waals surface area contributed by atoms with Gasteiger partial charge in [-0.25, -0.2) is 9.59 Å². The van der Waals surface area contributed by atoms with Crippen LogP contribution in [0.2, 0.25) is 5.02 Å². The number of urea groups is 1. The standard InChI is InChI=1S/C23H25ClN2O4/c1-14(2)12-30-22(27)20-15(3)25-23(28)26-21(20)17-9-5-7-11-19(17)29-13-16-8-4-6-10-18(16)24/h4-11,14,21H,12-13H2,1-3H3,(H2,25,26,28). The van der Waals surface area contributed by atoms with E-state index in [0.717, 1.165) is 5.56 Å². The van der Waals surface area contributed by atoms with Gasteiger partial charge in [-0.15, -0.1) is 0 Å². The fourth-order valence-electron chi connectivity index (χ4n) is 3.14. The number of nitrogens with one attached hydrogen (secondary N) is 2. The second kappa shape index (κ2) is 9.67. The molecule has 0 radical (unpaired) electrons. The topological polar surface area (TPSA) is 76.7 Å². The fraction of sp³-hybridized carbons (Fsp3) is 0.304. The van der Waals surface area contributed by atoms with Gasteiger partial charge in [0, 0.05) is 21.8 Å². The Balaban J connectivity index is 1.90. The summed E-state index contributed by atoms with van der Waals surface area (Å²) in [5.41, 5.74) is 2.31. The number of hydrogen-bond donors (Lipinski definition) is 2. The molecule has 2 amide bonds. The normalized spacial score (nSPS) is 16.2. The zero-order valence-corrected chi connectivity index (χ0v) is 18.0. The molecule has 0 fully saturated rings. The first kappa shape index (κ1) is 21.7. The summed E-state index contributed by atoms with van der Waals surface area (Å²) in [6, 6.07) is 13.6. The van der Waals surface area contributed by atoms with Crippen LogP contribution in [-0.2, 0) is 16.1 Å². The summed E-state index contributed by atoms with van der Waals surface area (Å²) in [6.07, 6.45) is 0. The lowest BCUT2D eigenvalue weighted by molar-refractivity contribution is -0.140. The number of halogens is 1. The first-order valence-electron chi connectivity index (χ1n) is 9.77. The van der Waals surface area contributed by atoms with E-state index in [4.69, 9.17) is 21.1 Å². The molecule has 2 aromatic carbocycles. The van der Waals surface area contributed by atoms with Crippen molar-refractivity contribution in [2.45, 2.75) is 33.4 Å². The number of carbonyl (C=O) groups excluding carboxylic acids is 2. The molecular formula is C23H25ClN2O4. The van der Waals surface area contributed by atoms with E-state index in [-0.39, 0.29) is 18.6 Å². The van der Waals surface area contributed by atoms with E-state index >= 15 is 0 Å². The average Bonchev–Trinajstić information content (AvgIpc) is 2.71. The second-order valence-electron chi connectivity index (χ2n) is 7.48. The smallest absolute Gasteiger partial charge is 0.338 e. The van der Waals surface area contributed by atoms with Gasteiger partial charge >= 0.3 is 12.0 Å². The van der Waals surface area contributed by atoms with Gasteiger partial charge in [0.05, 0.1) is 18.2 Å². The van der Waals surface area contributed by atoms with Crippen LogP contribution in [0.3, 0.4) is 0 Å². The molecule has 1 aliphatic heterocycles. The predicted octanol–water partition coefficient (Wildman–Crippen LogP) is 4.75. The zero-order valence-electron chi connectivity index (χ0n) is 17.2. The molecule has 0 aromatic heterocycles. The second-order valence-corrected chi connectivity index (χ2v) is 7.89. The van der Waals surface area contributed by atoms with Crippen LogP contribution in [0.4, 0.5) is 4.79 Å². The lowest BCUT2D eigenvalue weighted by Crippen LogP contribution is -2.45. The van der Waals surface area contributed by atoms with E-state index in [9.17, 15) is 9.59 Å². The number of hydrogen-bond acceptors (Lipinski definition) is 4. The third-order valence-corrected chi connectivity index (χ3v) is 4.98. The highest BCUT2D eigenvalue weighted by molar-refractivity contribution is 6.31. The van der Waals surface area contributed by atoms with Crippen molar-refractivity contribution in [1.29, 1.82) is 0 Å². The highest BCUT2D eigenvalue weighted by Crippen LogP contribution is 2.34. The Morgan fingerprint density at radius 3 is 2.57 bits per heavy atom. The monoisotopic (exact) mass is 428 g/mol. The van der Waals surface area contributed by atoms with Gasteiger partial charge in [-0.2, -0.15) is 0 Å². The molecule has 0 bridgehead atoms. The van der Waals surface area contributed by atoms with Crippen molar-refractivity contribution in [2.75, 3.05) is 6.61 Å². The molecule has 0 spiro atoms. The molecule has 158 valence electrons. The summed E-state index contributed by atoms with van der Waals surface area (Å²) >= 11 is 6.23. The van der Waals surface area contributed by atoms with Gasteiger partial charge in [0.1, 0.15) is 12.4 Å². The Morgan fingerprint density at radius 2 is 1.83 bits per heavy atom. The van der Waals surface area contributed by atoms with Crippen molar-refractivity contribution in [3.63, 3.8) is 0 Å². The van der Waals surface area contributed by atoms with Gasteiger partial charge < -0.3 is 20.1 Å². The molecule has 2 aromatic rings. The maximum atomic E-state index is 12.8.